The normalized spacial score (nSPS) is 19.8. The first-order valence-electron chi connectivity index (χ1n) is 35.6. The molecule has 13 rings (SSSR count). The topological polar surface area (TPSA) is 16.4 Å². The number of fused-ring (bicyclic) bond motifs is 11. The van der Waals surface area contributed by atoms with Crippen LogP contribution in [0.4, 0.5) is 17.1 Å². The lowest BCUT2D eigenvalue weighted by molar-refractivity contribution is 0.674. The van der Waals surface area contributed by atoms with E-state index in [0.717, 1.165) is 0 Å². The van der Waals surface area contributed by atoms with Gasteiger partial charge in [0.05, 0.1) is 58.4 Å². The molecule has 0 aliphatic heterocycles. The molecule has 0 N–H and O–H groups in total. The number of rotatable bonds is 6. The first kappa shape index (κ1) is 15.1. The van der Waals surface area contributed by atoms with Crippen LogP contribution in [-0.2, 0) is 0 Å². The third-order valence-electron chi connectivity index (χ3n) is 9.86. The van der Waals surface area contributed by atoms with E-state index in [9.17, 15) is 21.9 Å². The highest BCUT2D eigenvalue weighted by molar-refractivity contribution is 7.26. The van der Waals surface area contributed by atoms with Crippen LogP contribution < -0.4 is 4.90 Å². The summed E-state index contributed by atoms with van der Waals surface area (Å²) in [6, 6.07) is -33.9. The molecule has 3 aromatic heterocycles. The summed E-state index contributed by atoms with van der Waals surface area (Å²) >= 11 is 1.01. The van der Waals surface area contributed by atoms with Gasteiger partial charge < -0.3 is 9.32 Å². The van der Waals surface area contributed by atoms with Crippen molar-refractivity contribution in [3.63, 3.8) is 0 Å². The molecule has 0 saturated heterocycles. The number of thiophene rings is 2. The van der Waals surface area contributed by atoms with Gasteiger partial charge in [-0.1, -0.05) is 163 Å². The first-order valence-corrected chi connectivity index (χ1v) is 19.8. The highest BCUT2D eigenvalue weighted by Crippen LogP contribution is 2.49. The largest absolute Gasteiger partial charge is 0.455 e. The summed E-state index contributed by atoms with van der Waals surface area (Å²) < 4.78 is 328. The van der Waals surface area contributed by atoms with E-state index < -0.39 is 310 Å². The Hall–Kier alpha value is -7.50. The number of anilines is 3. The van der Waals surface area contributed by atoms with Crippen LogP contribution in [0.5, 0.6) is 0 Å². The van der Waals surface area contributed by atoms with Gasteiger partial charge in [0, 0.05) is 68.7 Å². The second kappa shape index (κ2) is 14.0. The third kappa shape index (κ3) is 5.54. The molecule has 0 saturated carbocycles. The Morgan fingerprint density at radius 2 is 0.935 bits per heavy atom. The molecule has 0 aliphatic rings. The fourth-order valence-corrected chi connectivity index (χ4v) is 9.26. The molecule has 0 spiro atoms. The minimum absolute atomic E-state index is 0.181. The molecule has 62 heavy (non-hydrogen) atoms. The Kier molecular flexibility index (Phi) is 3.43. The Labute approximate surface area is 414 Å². The average molecular weight is 861 g/mol. The van der Waals surface area contributed by atoms with Crippen LogP contribution >= 0.6 is 22.7 Å². The fraction of sp³-hybridized carbons (Fsp3) is 0. The minimum Gasteiger partial charge on any atom is -0.455 e. The quantitative estimate of drug-likeness (QED) is 0.166. The highest BCUT2D eigenvalue weighted by Gasteiger charge is 2.23. The Morgan fingerprint density at radius 3 is 1.69 bits per heavy atom. The molecule has 0 radical (unpaired) electrons. The van der Waals surface area contributed by atoms with Gasteiger partial charge in [-0.3, -0.25) is 0 Å². The van der Waals surface area contributed by atoms with E-state index in [4.69, 9.17) is 30.5 Å². The summed E-state index contributed by atoms with van der Waals surface area (Å²) in [5, 5.41) is -4.33. The molecule has 10 aromatic carbocycles. The summed E-state index contributed by atoms with van der Waals surface area (Å²) in [6.07, 6.45) is 0. The zero-order chi connectivity index (χ0) is 71.2. The van der Waals surface area contributed by atoms with E-state index in [2.05, 4.69) is 0 Å². The molecule has 0 atom stereocenters. The van der Waals surface area contributed by atoms with Crippen molar-refractivity contribution in [2.75, 3.05) is 4.90 Å². The van der Waals surface area contributed by atoms with Gasteiger partial charge in [0.2, 0.25) is 0 Å². The lowest BCUT2D eigenvalue weighted by Gasteiger charge is -2.27. The smallest absolute Gasteiger partial charge is 0.143 e. The SMILES string of the molecule is [2H]c1c([2H])c([2H])c(-c2c([2H])c([2H])c(N(c3c([2H])c(-c4c([2H])c([2H])c(-c5c([2H])c([2H])c([2H])c6c5sc5c([2H])c([2H])c([2H])c([2H])c56)c([2H])c4[2H])c4oc5c6c([2H])c([2H])c([2H])c([2H])c6c([2H])c([2H])c5c4c3[2H])c3c([2H])c([2H])c([2H])c4c3sc3c([2H])c([2H])c([2H])c([2H])c34)c([2H])c2[2H])c([2H])c1[2H]. The van der Waals surface area contributed by atoms with Crippen molar-refractivity contribution < 1.29 is 52.4 Å². The minimum atomic E-state index is -1.29. The molecular formula is C58H35NOS2. The van der Waals surface area contributed by atoms with Gasteiger partial charge in [-0.25, -0.2) is 0 Å². The molecule has 0 fully saturated rings. The molecular weight excluding hydrogens is 791 g/mol. The molecule has 13 aromatic rings. The molecule has 2 nitrogen and oxygen atoms in total. The Balaban J connectivity index is 1.28. The molecule has 0 aliphatic carbocycles. The Morgan fingerprint density at radius 1 is 0.355 bits per heavy atom. The Bertz CT molecular complexity index is 5880. The van der Waals surface area contributed by atoms with Gasteiger partial charge in [0.1, 0.15) is 11.2 Å². The summed E-state index contributed by atoms with van der Waals surface area (Å²) in [5.74, 6) is 0. The second-order valence-corrected chi connectivity index (χ2v) is 15.3. The summed E-state index contributed by atoms with van der Waals surface area (Å²) in [5.41, 5.74) is -10.0. The maximum absolute atomic E-state index is 10.6. The molecule has 3 heterocycles. The maximum Gasteiger partial charge on any atom is 0.143 e. The zero-order valence-electron chi connectivity index (χ0n) is 65.7. The molecule has 4 heteroatoms. The predicted molar refractivity (Wildman–Crippen MR) is 268 cm³/mol. The van der Waals surface area contributed by atoms with Crippen LogP contribution in [-0.4, -0.2) is 0 Å². The molecule has 0 unspecified atom stereocenters. The van der Waals surface area contributed by atoms with E-state index in [-0.39, 0.29) is 24.9 Å². The maximum atomic E-state index is 10.6. The van der Waals surface area contributed by atoms with Crippen molar-refractivity contribution >= 4 is 113 Å². The van der Waals surface area contributed by atoms with Gasteiger partial charge in [-0.2, -0.15) is 0 Å². The zero-order valence-corrected chi connectivity index (χ0v) is 32.3. The van der Waals surface area contributed by atoms with Crippen molar-refractivity contribution in [1.29, 1.82) is 0 Å². The number of hydrogen-bond acceptors (Lipinski definition) is 4. The van der Waals surface area contributed by atoms with Crippen LogP contribution in [0, 0.1) is 0 Å². The first-order chi connectivity index (χ1) is 45.3. The lowest BCUT2D eigenvalue weighted by atomic mass is 9.96. The summed E-state index contributed by atoms with van der Waals surface area (Å²) in [6.45, 7) is 0. The van der Waals surface area contributed by atoms with Crippen LogP contribution in [0.3, 0.4) is 0 Å². The molecule has 0 amide bonds. The van der Waals surface area contributed by atoms with Crippen molar-refractivity contribution in [1.82, 2.24) is 0 Å². The number of hydrogen-bond donors (Lipinski definition) is 0. The van der Waals surface area contributed by atoms with E-state index >= 15 is 0 Å². The van der Waals surface area contributed by atoms with Crippen molar-refractivity contribution in [3.05, 3.63) is 211 Å². The predicted octanol–water partition coefficient (Wildman–Crippen LogP) is 17.9. The molecule has 290 valence electrons. The van der Waals surface area contributed by atoms with Crippen molar-refractivity contribution in [2.24, 2.45) is 0 Å². The summed E-state index contributed by atoms with van der Waals surface area (Å²) in [4.78, 5) is 0.491. The number of nitrogens with zero attached hydrogens (tertiary/aromatic N) is 1. The molecule has 0 bridgehead atoms. The van der Waals surface area contributed by atoms with Crippen LogP contribution in [0.1, 0.15) is 48.0 Å². The van der Waals surface area contributed by atoms with Gasteiger partial charge in [-0.15, -0.1) is 22.7 Å². The highest BCUT2D eigenvalue weighted by atomic mass is 32.1. The van der Waals surface area contributed by atoms with Crippen molar-refractivity contribution in [3.8, 4) is 33.4 Å². The van der Waals surface area contributed by atoms with Gasteiger partial charge in [0.25, 0.3) is 0 Å². The van der Waals surface area contributed by atoms with E-state index in [0.29, 0.717) is 27.6 Å². The van der Waals surface area contributed by atoms with Gasteiger partial charge in [-0.05, 0) is 81.5 Å². The standard InChI is InChI=1S/C58H35NOS2/c1-2-12-36(13-3-1)37-28-31-41(32-29-37)59(52-21-11-20-49-46-17-7-9-23-54(46)62-58(49)52)42-34-50(56-51(35-42)47-33-30-38-14-4-5-15-43(38)55(47)60-56)40-26-24-39(25-27-40)44-18-10-19-48-45-16-6-8-22-53(45)61-57(44)48/h1-35H/i1D,2D,3D,4D,5D,6D,7D,8D,9D,10D,11D,12D,13D,14D,15D,16D,17D,18D,19D,20D,21D,22D,23D,24D,25D,26D,27D,28D,29D,30D,31D,32D,33D,34D,35D. The van der Waals surface area contributed by atoms with Gasteiger partial charge in [0.15, 0.2) is 0 Å². The van der Waals surface area contributed by atoms with E-state index in [1.807, 2.05) is 0 Å². The number of furan rings is 1. The van der Waals surface area contributed by atoms with Crippen molar-refractivity contribution in [2.45, 2.75) is 0 Å². The van der Waals surface area contributed by atoms with Crippen LogP contribution in [0.15, 0.2) is 216 Å². The third-order valence-corrected chi connectivity index (χ3v) is 12.1. The van der Waals surface area contributed by atoms with E-state index in [1.165, 1.54) is 0 Å². The van der Waals surface area contributed by atoms with Gasteiger partial charge >= 0.3 is 0 Å². The number of benzene rings is 10. The monoisotopic (exact) mass is 860 g/mol. The average Bonchev–Trinajstić information content (AvgIpc) is 1.64. The van der Waals surface area contributed by atoms with Crippen LogP contribution in [0.2, 0.25) is 0 Å². The lowest BCUT2D eigenvalue weighted by Crippen LogP contribution is -2.10. The second-order valence-electron chi connectivity index (χ2n) is 13.3. The fourth-order valence-electron chi connectivity index (χ4n) is 7.13. The summed E-state index contributed by atoms with van der Waals surface area (Å²) in [7, 11) is 0. The van der Waals surface area contributed by atoms with Crippen LogP contribution in [0.25, 0.3) is 106 Å². The van der Waals surface area contributed by atoms with E-state index in [1.54, 1.807) is 0 Å².